The quantitative estimate of drug-likeness (QED) is 0.337. The van der Waals surface area contributed by atoms with Crippen LogP contribution in [-0.2, 0) is 14.8 Å². The van der Waals surface area contributed by atoms with Crippen molar-refractivity contribution in [1.82, 2.24) is 5.43 Å². The highest BCUT2D eigenvalue weighted by Crippen LogP contribution is 2.36. The van der Waals surface area contributed by atoms with Gasteiger partial charge in [-0.1, -0.05) is 29.3 Å². The molecule has 1 aliphatic rings. The number of carbonyl (C=O) groups excluding carboxylic acids is 1. The fourth-order valence-corrected chi connectivity index (χ4v) is 5.10. The van der Waals surface area contributed by atoms with Crippen LogP contribution in [0.25, 0.3) is 0 Å². The summed E-state index contributed by atoms with van der Waals surface area (Å²) >= 11 is 9.37. The van der Waals surface area contributed by atoms with Crippen molar-refractivity contribution >= 4 is 55.4 Å². The van der Waals surface area contributed by atoms with Gasteiger partial charge in [-0.25, -0.2) is 13.8 Å². The zero-order valence-electron chi connectivity index (χ0n) is 17.9. The molecule has 0 spiro atoms. The number of carbonyl (C=O) groups is 1. The second-order valence-corrected chi connectivity index (χ2v) is 10.5. The first-order chi connectivity index (χ1) is 16.2. The maximum atomic E-state index is 13.4. The molecule has 3 aromatic rings. The van der Waals surface area contributed by atoms with Crippen LogP contribution in [0.4, 0.5) is 5.69 Å². The molecule has 1 aliphatic heterocycles. The van der Waals surface area contributed by atoms with E-state index in [9.17, 15) is 13.2 Å². The lowest BCUT2D eigenvalue weighted by Crippen LogP contribution is -2.39. The van der Waals surface area contributed by atoms with E-state index in [-0.39, 0.29) is 11.7 Å². The summed E-state index contributed by atoms with van der Waals surface area (Å²) in [6.07, 6.45) is 1.42. The number of hydrogen-bond donors (Lipinski definition) is 1. The highest BCUT2D eigenvalue weighted by atomic mass is 79.9. The number of nitrogens with one attached hydrogen (secondary N) is 1. The molecule has 0 saturated carbocycles. The molecule has 0 aliphatic carbocycles. The smallest absolute Gasteiger partial charge is 0.264 e. The summed E-state index contributed by atoms with van der Waals surface area (Å²) in [6.45, 7) is 1.50. The van der Waals surface area contributed by atoms with Crippen LogP contribution in [-0.4, -0.2) is 33.9 Å². The van der Waals surface area contributed by atoms with Crippen molar-refractivity contribution in [3.8, 4) is 11.5 Å². The minimum absolute atomic E-state index is 0.0636. The first-order valence-corrected chi connectivity index (χ1v) is 12.6. The van der Waals surface area contributed by atoms with Gasteiger partial charge in [0.1, 0.15) is 6.54 Å². The second-order valence-electron chi connectivity index (χ2n) is 7.32. The highest BCUT2D eigenvalue weighted by Gasteiger charge is 2.27. The van der Waals surface area contributed by atoms with Crippen molar-refractivity contribution in [3.63, 3.8) is 0 Å². The molecule has 0 atom stereocenters. The number of ether oxygens (including phenoxy) is 2. The number of amides is 1. The van der Waals surface area contributed by atoms with E-state index in [1.807, 2.05) is 6.92 Å². The Morgan fingerprint density at radius 3 is 2.44 bits per heavy atom. The molecule has 176 valence electrons. The van der Waals surface area contributed by atoms with E-state index in [1.165, 1.54) is 30.5 Å². The van der Waals surface area contributed by atoms with E-state index >= 15 is 0 Å². The Balaban J connectivity index is 1.54. The van der Waals surface area contributed by atoms with Crippen LogP contribution in [0, 0.1) is 6.92 Å². The number of sulfonamides is 1. The standard InChI is InChI=1S/C23H19BrClN3O5S/c1-15-2-8-19(9-3-15)34(30,31)28(18-6-4-17(25)5-7-18)13-23(29)27-26-12-16-10-21-22(11-20(16)24)33-14-32-21/h2-12H,13-14H2,1H3,(H,27,29)/b26-12-. The van der Waals surface area contributed by atoms with Crippen molar-refractivity contribution in [1.29, 1.82) is 0 Å². The lowest BCUT2D eigenvalue weighted by Gasteiger charge is -2.23. The predicted molar refractivity (Wildman–Crippen MR) is 133 cm³/mol. The van der Waals surface area contributed by atoms with E-state index in [0.29, 0.717) is 32.2 Å². The number of nitrogens with zero attached hydrogens (tertiary/aromatic N) is 2. The summed E-state index contributed by atoms with van der Waals surface area (Å²) in [5, 5.41) is 4.41. The molecule has 1 heterocycles. The third kappa shape index (κ3) is 5.35. The molecule has 0 unspecified atom stereocenters. The Hall–Kier alpha value is -3.08. The summed E-state index contributed by atoms with van der Waals surface area (Å²) in [5.74, 6) is 0.542. The fourth-order valence-electron chi connectivity index (χ4n) is 3.13. The lowest BCUT2D eigenvalue weighted by atomic mass is 10.2. The average Bonchev–Trinajstić information content (AvgIpc) is 3.25. The minimum atomic E-state index is -4.03. The monoisotopic (exact) mass is 563 g/mol. The van der Waals surface area contributed by atoms with Gasteiger partial charge in [-0.05, 0) is 71.4 Å². The van der Waals surface area contributed by atoms with Crippen molar-refractivity contribution in [3.05, 3.63) is 81.3 Å². The number of rotatable bonds is 7. The first-order valence-electron chi connectivity index (χ1n) is 10.00. The Labute approximate surface area is 210 Å². The van der Waals surface area contributed by atoms with Gasteiger partial charge in [0.05, 0.1) is 16.8 Å². The average molecular weight is 565 g/mol. The van der Waals surface area contributed by atoms with Crippen LogP contribution in [0.15, 0.2) is 75.1 Å². The Bertz CT molecular complexity index is 1350. The number of benzene rings is 3. The lowest BCUT2D eigenvalue weighted by molar-refractivity contribution is -0.119. The Morgan fingerprint density at radius 2 is 1.76 bits per heavy atom. The molecule has 0 aromatic heterocycles. The highest BCUT2D eigenvalue weighted by molar-refractivity contribution is 9.10. The van der Waals surface area contributed by atoms with Gasteiger partial charge in [0, 0.05) is 15.1 Å². The largest absolute Gasteiger partial charge is 0.454 e. The molecule has 1 N–H and O–H groups in total. The molecular formula is C23H19BrClN3O5S. The van der Waals surface area contributed by atoms with Crippen LogP contribution in [0.1, 0.15) is 11.1 Å². The fraction of sp³-hybridized carbons (Fsp3) is 0.130. The molecule has 34 heavy (non-hydrogen) atoms. The molecule has 0 fully saturated rings. The number of hydrogen-bond acceptors (Lipinski definition) is 6. The molecule has 3 aromatic carbocycles. The SMILES string of the molecule is Cc1ccc(S(=O)(=O)N(CC(=O)N/N=C\c2cc3c(cc2Br)OCO3)c2ccc(Cl)cc2)cc1. The number of fused-ring (bicyclic) bond motifs is 1. The number of aryl methyl sites for hydroxylation is 1. The van der Waals surface area contributed by atoms with Crippen LogP contribution in [0.2, 0.25) is 5.02 Å². The van der Waals surface area contributed by atoms with Crippen LogP contribution < -0.4 is 19.2 Å². The Kier molecular flexibility index (Phi) is 7.11. The number of anilines is 1. The van der Waals surface area contributed by atoms with E-state index in [2.05, 4.69) is 26.5 Å². The maximum Gasteiger partial charge on any atom is 0.264 e. The van der Waals surface area contributed by atoms with Crippen LogP contribution in [0.5, 0.6) is 11.5 Å². The summed E-state index contributed by atoms with van der Waals surface area (Å²) < 4.78 is 39.1. The van der Waals surface area contributed by atoms with Gasteiger partial charge >= 0.3 is 0 Å². The molecule has 8 nitrogen and oxygen atoms in total. The third-order valence-corrected chi connectivity index (χ3v) is 7.62. The van der Waals surface area contributed by atoms with Gasteiger partial charge in [0.25, 0.3) is 15.9 Å². The van der Waals surface area contributed by atoms with Crippen molar-refractivity contribution in [2.45, 2.75) is 11.8 Å². The molecule has 4 rings (SSSR count). The van der Waals surface area contributed by atoms with Gasteiger partial charge in [-0.3, -0.25) is 9.10 Å². The van der Waals surface area contributed by atoms with Gasteiger partial charge < -0.3 is 9.47 Å². The van der Waals surface area contributed by atoms with E-state index in [4.69, 9.17) is 21.1 Å². The number of halogens is 2. The summed E-state index contributed by atoms with van der Waals surface area (Å²) in [6, 6.07) is 16.0. The molecule has 0 saturated heterocycles. The summed E-state index contributed by atoms with van der Waals surface area (Å²) in [4.78, 5) is 12.7. The first kappa shape index (κ1) is 24.1. The predicted octanol–water partition coefficient (Wildman–Crippen LogP) is 4.49. The zero-order valence-corrected chi connectivity index (χ0v) is 21.0. The minimum Gasteiger partial charge on any atom is -0.454 e. The molecule has 0 radical (unpaired) electrons. The molecule has 0 bridgehead atoms. The van der Waals surface area contributed by atoms with Gasteiger partial charge in [0.15, 0.2) is 11.5 Å². The van der Waals surface area contributed by atoms with E-state index < -0.39 is 22.5 Å². The van der Waals surface area contributed by atoms with Crippen LogP contribution >= 0.6 is 27.5 Å². The van der Waals surface area contributed by atoms with Gasteiger partial charge in [-0.15, -0.1) is 0 Å². The van der Waals surface area contributed by atoms with Gasteiger partial charge in [0.2, 0.25) is 6.79 Å². The zero-order chi connectivity index (χ0) is 24.3. The number of hydrazone groups is 1. The van der Waals surface area contributed by atoms with Crippen molar-refractivity contribution in [2.75, 3.05) is 17.6 Å². The summed E-state index contributed by atoms with van der Waals surface area (Å²) in [7, 11) is -4.03. The topological polar surface area (TPSA) is 97.3 Å². The van der Waals surface area contributed by atoms with Gasteiger partial charge in [-0.2, -0.15) is 5.10 Å². The normalized spacial score (nSPS) is 12.7. The molecule has 1 amide bonds. The third-order valence-electron chi connectivity index (χ3n) is 4.90. The Morgan fingerprint density at radius 1 is 1.12 bits per heavy atom. The molecular weight excluding hydrogens is 546 g/mol. The van der Waals surface area contributed by atoms with Crippen LogP contribution in [0.3, 0.4) is 0 Å². The maximum absolute atomic E-state index is 13.4. The van der Waals surface area contributed by atoms with E-state index in [0.717, 1.165) is 9.87 Å². The van der Waals surface area contributed by atoms with Crippen molar-refractivity contribution in [2.24, 2.45) is 5.10 Å². The molecule has 11 heteroatoms. The summed E-state index contributed by atoms with van der Waals surface area (Å²) in [5.41, 5.74) is 4.23. The van der Waals surface area contributed by atoms with Crippen molar-refractivity contribution < 1.29 is 22.7 Å². The second kappa shape index (κ2) is 10.0. The van der Waals surface area contributed by atoms with E-state index in [1.54, 1.807) is 36.4 Å².